The first-order valence-corrected chi connectivity index (χ1v) is 7.96. The second-order valence-electron chi connectivity index (χ2n) is 6.83. The molecule has 2 rings (SSSR count). The minimum atomic E-state index is -0.255. The SMILES string of the molecule is CC(C)NC1(C#N)CCCC1CCN(C)C1CCC1. The second kappa shape index (κ2) is 6.24. The Labute approximate surface area is 118 Å². The maximum Gasteiger partial charge on any atom is 0.109 e. The van der Waals surface area contributed by atoms with Crippen LogP contribution in [-0.2, 0) is 0 Å². The van der Waals surface area contributed by atoms with Gasteiger partial charge in [0.1, 0.15) is 5.54 Å². The van der Waals surface area contributed by atoms with Gasteiger partial charge < -0.3 is 4.90 Å². The molecule has 3 nitrogen and oxygen atoms in total. The predicted molar refractivity (Wildman–Crippen MR) is 78.8 cm³/mol. The van der Waals surface area contributed by atoms with E-state index in [1.807, 2.05) is 0 Å². The fourth-order valence-electron chi connectivity index (χ4n) is 3.72. The third-order valence-corrected chi connectivity index (χ3v) is 5.09. The quantitative estimate of drug-likeness (QED) is 0.801. The number of hydrogen-bond donors (Lipinski definition) is 1. The molecule has 1 N–H and O–H groups in total. The summed E-state index contributed by atoms with van der Waals surface area (Å²) >= 11 is 0. The van der Waals surface area contributed by atoms with Gasteiger partial charge in [-0.25, -0.2) is 0 Å². The van der Waals surface area contributed by atoms with Gasteiger partial charge in [-0.05, 0) is 65.5 Å². The van der Waals surface area contributed by atoms with E-state index < -0.39 is 0 Å². The fourth-order valence-corrected chi connectivity index (χ4v) is 3.72. The largest absolute Gasteiger partial charge is 0.303 e. The molecular formula is C16H29N3. The van der Waals surface area contributed by atoms with Crippen molar-refractivity contribution < 1.29 is 0 Å². The molecule has 2 aliphatic rings. The van der Waals surface area contributed by atoms with Crippen LogP contribution in [0.15, 0.2) is 0 Å². The molecule has 2 unspecified atom stereocenters. The van der Waals surface area contributed by atoms with Crippen molar-refractivity contribution >= 4 is 0 Å². The molecule has 0 aromatic carbocycles. The van der Waals surface area contributed by atoms with E-state index in [-0.39, 0.29) is 5.54 Å². The molecule has 0 saturated heterocycles. The Balaban J connectivity index is 1.88. The molecule has 2 atom stereocenters. The van der Waals surface area contributed by atoms with E-state index >= 15 is 0 Å². The van der Waals surface area contributed by atoms with Crippen molar-refractivity contribution in [1.82, 2.24) is 10.2 Å². The minimum Gasteiger partial charge on any atom is -0.303 e. The zero-order valence-electron chi connectivity index (χ0n) is 12.8. The zero-order valence-corrected chi connectivity index (χ0v) is 12.8. The molecule has 0 spiro atoms. The summed E-state index contributed by atoms with van der Waals surface area (Å²) in [4.78, 5) is 2.51. The Bertz CT molecular complexity index is 329. The molecule has 108 valence electrons. The number of hydrogen-bond acceptors (Lipinski definition) is 3. The highest BCUT2D eigenvalue weighted by molar-refractivity contribution is 5.14. The van der Waals surface area contributed by atoms with Crippen LogP contribution in [0.4, 0.5) is 0 Å². The lowest BCUT2D eigenvalue weighted by atomic mass is 9.84. The second-order valence-corrected chi connectivity index (χ2v) is 6.83. The number of nitrogens with one attached hydrogen (secondary N) is 1. The molecule has 0 aromatic heterocycles. The minimum absolute atomic E-state index is 0.255. The van der Waals surface area contributed by atoms with Crippen molar-refractivity contribution in [3.05, 3.63) is 0 Å². The Morgan fingerprint density at radius 3 is 2.58 bits per heavy atom. The molecule has 0 heterocycles. The standard InChI is InChI=1S/C16H29N3/c1-13(2)18-16(12-17)10-5-6-14(16)9-11-19(3)15-7-4-8-15/h13-15,18H,4-11H2,1-3H3. The monoisotopic (exact) mass is 263 g/mol. The Morgan fingerprint density at radius 2 is 2.05 bits per heavy atom. The van der Waals surface area contributed by atoms with Crippen molar-refractivity contribution in [3.8, 4) is 6.07 Å². The van der Waals surface area contributed by atoms with Gasteiger partial charge in [0.15, 0.2) is 0 Å². The van der Waals surface area contributed by atoms with Crippen LogP contribution >= 0.6 is 0 Å². The van der Waals surface area contributed by atoms with Crippen molar-refractivity contribution in [2.24, 2.45) is 5.92 Å². The molecular weight excluding hydrogens is 234 g/mol. The van der Waals surface area contributed by atoms with Crippen LogP contribution < -0.4 is 5.32 Å². The smallest absolute Gasteiger partial charge is 0.109 e. The first-order chi connectivity index (χ1) is 9.07. The zero-order chi connectivity index (χ0) is 13.9. The molecule has 19 heavy (non-hydrogen) atoms. The van der Waals surface area contributed by atoms with Gasteiger partial charge in [0, 0.05) is 12.1 Å². The summed E-state index contributed by atoms with van der Waals surface area (Å²) in [5.74, 6) is 0.530. The van der Waals surface area contributed by atoms with Crippen molar-refractivity contribution in [1.29, 1.82) is 5.26 Å². The van der Waals surface area contributed by atoms with Gasteiger partial charge in [-0.2, -0.15) is 5.26 Å². The number of nitrogens with zero attached hydrogens (tertiary/aromatic N) is 2. The number of nitriles is 1. The van der Waals surface area contributed by atoms with Gasteiger partial charge in [-0.1, -0.05) is 12.8 Å². The highest BCUT2D eigenvalue weighted by Gasteiger charge is 2.43. The summed E-state index contributed by atoms with van der Waals surface area (Å²) in [5, 5.41) is 13.2. The maximum atomic E-state index is 9.64. The third kappa shape index (κ3) is 3.30. The van der Waals surface area contributed by atoms with E-state index in [0.717, 1.165) is 19.0 Å². The van der Waals surface area contributed by atoms with Crippen molar-refractivity contribution in [2.45, 2.75) is 76.4 Å². The molecule has 0 aliphatic heterocycles. The van der Waals surface area contributed by atoms with Gasteiger partial charge in [0.05, 0.1) is 6.07 Å². The maximum absolute atomic E-state index is 9.64. The molecule has 2 saturated carbocycles. The predicted octanol–water partition coefficient (Wildman–Crippen LogP) is 2.92. The summed E-state index contributed by atoms with van der Waals surface area (Å²) in [6, 6.07) is 3.82. The van der Waals surface area contributed by atoms with Crippen LogP contribution in [0.3, 0.4) is 0 Å². The van der Waals surface area contributed by atoms with Crippen LogP contribution in [0.25, 0.3) is 0 Å². The van der Waals surface area contributed by atoms with Crippen molar-refractivity contribution in [2.75, 3.05) is 13.6 Å². The Morgan fingerprint density at radius 1 is 1.32 bits per heavy atom. The van der Waals surface area contributed by atoms with Crippen LogP contribution in [0.2, 0.25) is 0 Å². The van der Waals surface area contributed by atoms with Gasteiger partial charge >= 0.3 is 0 Å². The van der Waals surface area contributed by atoms with Gasteiger partial charge in [-0.3, -0.25) is 5.32 Å². The third-order valence-electron chi connectivity index (χ3n) is 5.09. The van der Waals surface area contributed by atoms with E-state index in [1.165, 1.54) is 38.5 Å². The van der Waals surface area contributed by atoms with Crippen LogP contribution in [0, 0.1) is 17.2 Å². The molecule has 0 amide bonds. The molecule has 0 radical (unpaired) electrons. The molecule has 0 aromatic rings. The van der Waals surface area contributed by atoms with Crippen LogP contribution in [-0.4, -0.2) is 36.1 Å². The van der Waals surface area contributed by atoms with Crippen LogP contribution in [0.5, 0.6) is 0 Å². The van der Waals surface area contributed by atoms with Crippen molar-refractivity contribution in [3.63, 3.8) is 0 Å². The first kappa shape index (κ1) is 14.8. The Kier molecular flexibility index (Phi) is 4.86. The number of rotatable bonds is 6. The van der Waals surface area contributed by atoms with Gasteiger partial charge in [0.25, 0.3) is 0 Å². The van der Waals surface area contributed by atoms with E-state index in [4.69, 9.17) is 0 Å². The lowest BCUT2D eigenvalue weighted by molar-refractivity contribution is 0.142. The summed E-state index contributed by atoms with van der Waals surface area (Å²) < 4.78 is 0. The summed E-state index contributed by atoms with van der Waals surface area (Å²) in [7, 11) is 2.25. The van der Waals surface area contributed by atoms with E-state index in [1.54, 1.807) is 0 Å². The average Bonchev–Trinajstić information content (AvgIpc) is 2.66. The summed E-state index contributed by atoms with van der Waals surface area (Å²) in [5.41, 5.74) is -0.255. The molecule has 0 bridgehead atoms. The fraction of sp³-hybridized carbons (Fsp3) is 0.938. The summed E-state index contributed by atoms with van der Waals surface area (Å²) in [6.45, 7) is 5.45. The first-order valence-electron chi connectivity index (χ1n) is 7.96. The van der Waals surface area contributed by atoms with Crippen LogP contribution in [0.1, 0.15) is 58.8 Å². The highest BCUT2D eigenvalue weighted by atomic mass is 15.1. The Hall–Kier alpha value is -0.590. The highest BCUT2D eigenvalue weighted by Crippen LogP contribution is 2.38. The van der Waals surface area contributed by atoms with E-state index in [0.29, 0.717) is 12.0 Å². The lowest BCUT2D eigenvalue weighted by Crippen LogP contribution is -2.51. The molecule has 2 fully saturated rings. The average molecular weight is 263 g/mol. The molecule has 3 heteroatoms. The normalized spacial score (nSPS) is 31.7. The van der Waals surface area contributed by atoms with Gasteiger partial charge in [0.2, 0.25) is 0 Å². The molecule has 2 aliphatic carbocycles. The lowest BCUT2D eigenvalue weighted by Gasteiger charge is -2.37. The topological polar surface area (TPSA) is 39.1 Å². The summed E-state index contributed by atoms with van der Waals surface area (Å²) in [6.07, 6.45) is 8.75. The van der Waals surface area contributed by atoms with E-state index in [2.05, 4.69) is 37.2 Å². The van der Waals surface area contributed by atoms with Gasteiger partial charge in [-0.15, -0.1) is 0 Å². The van der Waals surface area contributed by atoms with E-state index in [9.17, 15) is 5.26 Å².